The lowest BCUT2D eigenvalue weighted by Crippen LogP contribution is -2.03. The Morgan fingerprint density at radius 3 is 2.35 bits per heavy atom. The van der Waals surface area contributed by atoms with E-state index in [2.05, 4.69) is 5.10 Å². The number of rotatable bonds is 3. The van der Waals surface area contributed by atoms with Crippen molar-refractivity contribution in [1.29, 1.82) is 0 Å². The molecule has 1 aromatic heterocycles. The first-order chi connectivity index (χ1) is 9.74. The maximum Gasteiger partial charge on any atom is 0.213 e. The Kier molecular flexibility index (Phi) is 3.35. The lowest BCUT2D eigenvalue weighted by atomic mass is 10.1. The van der Waals surface area contributed by atoms with Crippen LogP contribution in [-0.4, -0.2) is 15.6 Å². The van der Waals surface area contributed by atoms with Gasteiger partial charge in [-0.2, -0.15) is 5.10 Å². The molecule has 0 fully saturated rings. The molecule has 0 aliphatic carbocycles. The van der Waals surface area contributed by atoms with Crippen LogP contribution < -0.4 is 0 Å². The molecule has 1 heterocycles. The van der Waals surface area contributed by atoms with Gasteiger partial charge in [-0.15, -0.1) is 0 Å². The van der Waals surface area contributed by atoms with E-state index in [1.165, 1.54) is 0 Å². The lowest BCUT2D eigenvalue weighted by molar-refractivity contribution is 0.103. The maximum atomic E-state index is 12.3. The second kappa shape index (κ2) is 5.31. The van der Waals surface area contributed by atoms with Gasteiger partial charge < -0.3 is 0 Å². The predicted molar refractivity (Wildman–Crippen MR) is 78.4 cm³/mol. The van der Waals surface area contributed by atoms with Crippen molar-refractivity contribution in [2.45, 2.75) is 0 Å². The average Bonchev–Trinajstić information content (AvgIpc) is 2.98. The van der Waals surface area contributed by atoms with Crippen LogP contribution in [0.4, 0.5) is 0 Å². The normalized spacial score (nSPS) is 10.4. The van der Waals surface area contributed by atoms with Gasteiger partial charge in [0, 0.05) is 16.8 Å². The summed E-state index contributed by atoms with van der Waals surface area (Å²) in [5.74, 6) is -0.114. The summed E-state index contributed by atoms with van der Waals surface area (Å²) >= 11 is 5.82. The molecule has 0 saturated carbocycles. The number of carbonyl (C=O) groups excluding carboxylic acids is 1. The fraction of sp³-hybridized carbons (Fsp3) is 0. The molecule has 3 aromatic rings. The van der Waals surface area contributed by atoms with Crippen LogP contribution in [-0.2, 0) is 0 Å². The number of para-hydroxylation sites is 1. The van der Waals surface area contributed by atoms with Crippen LogP contribution in [0.3, 0.4) is 0 Å². The zero-order valence-corrected chi connectivity index (χ0v) is 11.3. The minimum atomic E-state index is -0.114. The van der Waals surface area contributed by atoms with E-state index in [9.17, 15) is 4.79 Å². The largest absolute Gasteiger partial charge is 0.287 e. The summed E-state index contributed by atoms with van der Waals surface area (Å²) in [6.07, 6.45) is 1.78. The molecular formula is C16H11ClN2O. The van der Waals surface area contributed by atoms with Crippen molar-refractivity contribution in [3.8, 4) is 5.69 Å². The topological polar surface area (TPSA) is 34.9 Å². The number of hydrogen-bond donors (Lipinski definition) is 0. The van der Waals surface area contributed by atoms with Crippen molar-refractivity contribution in [2.24, 2.45) is 0 Å². The fourth-order valence-corrected chi connectivity index (χ4v) is 2.04. The molecule has 0 N–H and O–H groups in total. The highest BCUT2D eigenvalue weighted by atomic mass is 35.5. The Labute approximate surface area is 121 Å². The minimum absolute atomic E-state index is 0.114. The fourth-order valence-electron chi connectivity index (χ4n) is 1.92. The highest BCUT2D eigenvalue weighted by molar-refractivity contribution is 6.30. The summed E-state index contributed by atoms with van der Waals surface area (Å²) in [5.41, 5.74) is 1.91. The molecule has 0 unspecified atom stereocenters. The minimum Gasteiger partial charge on any atom is -0.287 e. The van der Waals surface area contributed by atoms with E-state index >= 15 is 0 Å². The molecule has 0 spiro atoms. The molecule has 3 nitrogen and oxygen atoms in total. The predicted octanol–water partition coefficient (Wildman–Crippen LogP) is 3.76. The molecule has 20 heavy (non-hydrogen) atoms. The Balaban J connectivity index is 1.90. The Morgan fingerprint density at radius 2 is 1.65 bits per heavy atom. The third-order valence-corrected chi connectivity index (χ3v) is 3.20. The van der Waals surface area contributed by atoms with Crippen LogP contribution in [0.1, 0.15) is 16.1 Å². The zero-order valence-electron chi connectivity index (χ0n) is 10.5. The van der Waals surface area contributed by atoms with Crippen LogP contribution in [0, 0.1) is 0 Å². The van der Waals surface area contributed by atoms with Gasteiger partial charge in [0.2, 0.25) is 5.78 Å². The van der Waals surface area contributed by atoms with Gasteiger partial charge in [-0.3, -0.25) is 4.79 Å². The molecule has 0 amide bonds. The highest BCUT2D eigenvalue weighted by Gasteiger charge is 2.12. The van der Waals surface area contributed by atoms with E-state index in [0.29, 0.717) is 16.3 Å². The van der Waals surface area contributed by atoms with Crippen LogP contribution in [0.15, 0.2) is 66.9 Å². The lowest BCUT2D eigenvalue weighted by Gasteiger charge is -2.00. The molecule has 0 aliphatic rings. The second-order valence-corrected chi connectivity index (χ2v) is 4.75. The van der Waals surface area contributed by atoms with Gasteiger partial charge in [-0.1, -0.05) is 29.8 Å². The van der Waals surface area contributed by atoms with E-state index in [-0.39, 0.29) is 5.78 Å². The van der Waals surface area contributed by atoms with Crippen molar-refractivity contribution in [3.05, 3.63) is 83.1 Å². The van der Waals surface area contributed by atoms with Gasteiger partial charge in [0.15, 0.2) is 0 Å². The number of carbonyl (C=O) groups is 1. The summed E-state index contributed by atoms with van der Waals surface area (Å²) in [5, 5.41) is 4.92. The van der Waals surface area contributed by atoms with E-state index in [1.54, 1.807) is 41.2 Å². The van der Waals surface area contributed by atoms with E-state index in [0.717, 1.165) is 5.69 Å². The molecule has 0 bridgehead atoms. The third-order valence-electron chi connectivity index (χ3n) is 2.95. The first kappa shape index (κ1) is 12.6. The van der Waals surface area contributed by atoms with Crippen LogP contribution >= 0.6 is 11.6 Å². The molecule has 2 aromatic carbocycles. The van der Waals surface area contributed by atoms with Crippen molar-refractivity contribution in [3.63, 3.8) is 0 Å². The molecule has 0 aliphatic heterocycles. The van der Waals surface area contributed by atoms with E-state index in [4.69, 9.17) is 11.6 Å². The van der Waals surface area contributed by atoms with Gasteiger partial charge in [-0.25, -0.2) is 4.68 Å². The Hall–Kier alpha value is -2.39. The molecule has 4 heteroatoms. The zero-order chi connectivity index (χ0) is 13.9. The van der Waals surface area contributed by atoms with Gasteiger partial charge in [0.1, 0.15) is 5.69 Å². The first-order valence-corrected chi connectivity index (χ1v) is 6.53. The molecule has 3 rings (SSSR count). The Morgan fingerprint density at radius 1 is 0.950 bits per heavy atom. The van der Waals surface area contributed by atoms with Crippen molar-refractivity contribution in [2.75, 3.05) is 0 Å². The monoisotopic (exact) mass is 282 g/mol. The summed E-state index contributed by atoms with van der Waals surface area (Å²) < 4.78 is 1.68. The highest BCUT2D eigenvalue weighted by Crippen LogP contribution is 2.14. The van der Waals surface area contributed by atoms with Crippen LogP contribution in [0.5, 0.6) is 0 Å². The second-order valence-electron chi connectivity index (χ2n) is 4.32. The number of ketones is 1. The summed E-state index contributed by atoms with van der Waals surface area (Å²) in [6.45, 7) is 0. The smallest absolute Gasteiger partial charge is 0.213 e. The number of halogens is 1. The first-order valence-electron chi connectivity index (χ1n) is 6.15. The van der Waals surface area contributed by atoms with E-state index < -0.39 is 0 Å². The number of aromatic nitrogens is 2. The summed E-state index contributed by atoms with van der Waals surface area (Å²) in [6, 6.07) is 18.2. The van der Waals surface area contributed by atoms with Crippen LogP contribution in [0.2, 0.25) is 5.02 Å². The Bertz CT molecular complexity index is 733. The molecule has 0 radical (unpaired) electrons. The SMILES string of the molecule is O=C(c1ccc(Cl)cc1)c1ccn(-c2ccccc2)n1. The van der Waals surface area contributed by atoms with E-state index in [1.807, 2.05) is 30.3 Å². The van der Waals surface area contributed by atoms with Crippen LogP contribution in [0.25, 0.3) is 5.69 Å². The summed E-state index contributed by atoms with van der Waals surface area (Å²) in [4.78, 5) is 12.3. The van der Waals surface area contributed by atoms with Crippen molar-refractivity contribution in [1.82, 2.24) is 9.78 Å². The quantitative estimate of drug-likeness (QED) is 0.686. The van der Waals surface area contributed by atoms with Gasteiger partial charge in [0.25, 0.3) is 0 Å². The molecule has 0 atom stereocenters. The van der Waals surface area contributed by atoms with Gasteiger partial charge in [0.05, 0.1) is 5.69 Å². The van der Waals surface area contributed by atoms with Gasteiger partial charge >= 0.3 is 0 Å². The van der Waals surface area contributed by atoms with Gasteiger partial charge in [-0.05, 0) is 42.5 Å². The molecular weight excluding hydrogens is 272 g/mol. The van der Waals surface area contributed by atoms with Crippen molar-refractivity contribution < 1.29 is 4.79 Å². The number of benzene rings is 2. The molecule has 0 saturated heterocycles. The third kappa shape index (κ3) is 2.49. The standard InChI is InChI=1S/C16H11ClN2O/c17-13-8-6-12(7-9-13)16(20)15-10-11-19(18-15)14-4-2-1-3-5-14/h1-11H. The maximum absolute atomic E-state index is 12.3. The summed E-state index contributed by atoms with van der Waals surface area (Å²) in [7, 11) is 0. The van der Waals surface area contributed by atoms with Crippen molar-refractivity contribution >= 4 is 17.4 Å². The number of nitrogens with zero attached hydrogens (tertiary/aromatic N) is 2. The number of hydrogen-bond acceptors (Lipinski definition) is 2. The average molecular weight is 283 g/mol. The molecule has 98 valence electrons.